The molecule has 0 saturated heterocycles. The summed E-state index contributed by atoms with van der Waals surface area (Å²) >= 11 is 0. The number of nitrogens with one attached hydrogen (secondary N) is 2. The minimum Gasteiger partial charge on any atom is -0.345 e. The third kappa shape index (κ3) is 5.55. The van der Waals surface area contributed by atoms with Crippen molar-refractivity contribution in [2.75, 3.05) is 5.32 Å². The average Bonchev–Trinajstić information content (AvgIpc) is 2.74. The first kappa shape index (κ1) is 20.3. The van der Waals surface area contributed by atoms with Gasteiger partial charge in [0.2, 0.25) is 5.91 Å². The SMILES string of the molecule is CC(C)c1ccccc1NC(=O)CC(NC(=O)c1ccccc1)c1ccccc1. The molecule has 0 bridgehead atoms. The summed E-state index contributed by atoms with van der Waals surface area (Å²) in [7, 11) is 0. The molecule has 3 rings (SSSR count). The van der Waals surface area contributed by atoms with Crippen LogP contribution in [-0.2, 0) is 4.79 Å². The molecule has 29 heavy (non-hydrogen) atoms. The summed E-state index contributed by atoms with van der Waals surface area (Å²) in [4.78, 5) is 25.5. The molecule has 0 fully saturated rings. The molecule has 0 spiro atoms. The Bertz CT molecular complexity index is 953. The molecule has 0 aromatic heterocycles. The maximum absolute atomic E-state index is 12.8. The zero-order valence-corrected chi connectivity index (χ0v) is 16.8. The van der Waals surface area contributed by atoms with E-state index < -0.39 is 6.04 Å². The van der Waals surface area contributed by atoms with E-state index in [2.05, 4.69) is 24.5 Å². The van der Waals surface area contributed by atoms with Crippen LogP contribution in [0.25, 0.3) is 0 Å². The minimum absolute atomic E-state index is 0.139. The highest BCUT2D eigenvalue weighted by Crippen LogP contribution is 2.25. The van der Waals surface area contributed by atoms with E-state index in [1.165, 1.54) is 0 Å². The van der Waals surface area contributed by atoms with Gasteiger partial charge in [-0.15, -0.1) is 0 Å². The van der Waals surface area contributed by atoms with E-state index in [0.717, 1.165) is 16.8 Å². The first-order chi connectivity index (χ1) is 14.0. The van der Waals surface area contributed by atoms with Crippen LogP contribution in [0.15, 0.2) is 84.9 Å². The smallest absolute Gasteiger partial charge is 0.251 e. The summed E-state index contributed by atoms with van der Waals surface area (Å²) in [5.74, 6) is -0.0376. The highest BCUT2D eigenvalue weighted by molar-refractivity contribution is 5.96. The molecule has 2 amide bonds. The predicted molar refractivity (Wildman–Crippen MR) is 117 cm³/mol. The van der Waals surface area contributed by atoms with Crippen LogP contribution >= 0.6 is 0 Å². The van der Waals surface area contributed by atoms with Crippen LogP contribution in [0.2, 0.25) is 0 Å². The van der Waals surface area contributed by atoms with E-state index >= 15 is 0 Å². The van der Waals surface area contributed by atoms with Gasteiger partial charge in [0.25, 0.3) is 5.91 Å². The number of carbonyl (C=O) groups excluding carboxylic acids is 2. The molecule has 1 atom stereocenters. The van der Waals surface area contributed by atoms with Crippen LogP contribution in [0, 0.1) is 0 Å². The van der Waals surface area contributed by atoms with Crippen LogP contribution in [0.4, 0.5) is 5.69 Å². The monoisotopic (exact) mass is 386 g/mol. The normalized spacial score (nSPS) is 11.7. The van der Waals surface area contributed by atoms with Crippen molar-refractivity contribution in [1.82, 2.24) is 5.32 Å². The number of carbonyl (C=O) groups is 2. The van der Waals surface area contributed by atoms with Gasteiger partial charge in [0.15, 0.2) is 0 Å². The largest absolute Gasteiger partial charge is 0.345 e. The fourth-order valence-electron chi connectivity index (χ4n) is 3.27. The van der Waals surface area contributed by atoms with Gasteiger partial charge in [0, 0.05) is 11.3 Å². The third-order valence-electron chi connectivity index (χ3n) is 4.79. The molecule has 4 nitrogen and oxygen atoms in total. The molecule has 4 heteroatoms. The molecular weight excluding hydrogens is 360 g/mol. The van der Waals surface area contributed by atoms with Gasteiger partial charge in [0.05, 0.1) is 12.5 Å². The standard InChI is InChI=1S/C25H26N2O2/c1-18(2)21-15-9-10-16-22(21)26-24(28)17-23(19-11-5-3-6-12-19)27-25(29)20-13-7-4-8-14-20/h3-16,18,23H,17H2,1-2H3,(H,26,28)(H,27,29). The van der Waals surface area contributed by atoms with Crippen molar-refractivity contribution in [3.63, 3.8) is 0 Å². The molecule has 2 N–H and O–H groups in total. The number of hydrogen-bond donors (Lipinski definition) is 2. The van der Waals surface area contributed by atoms with Crippen molar-refractivity contribution < 1.29 is 9.59 Å². The van der Waals surface area contributed by atoms with Crippen molar-refractivity contribution in [3.05, 3.63) is 102 Å². The van der Waals surface area contributed by atoms with Crippen LogP contribution < -0.4 is 10.6 Å². The van der Waals surface area contributed by atoms with Gasteiger partial charge in [-0.25, -0.2) is 0 Å². The Kier molecular flexibility index (Phi) is 6.80. The summed E-state index contributed by atoms with van der Waals surface area (Å²) in [6.07, 6.45) is 0.148. The first-order valence-electron chi connectivity index (χ1n) is 9.84. The third-order valence-corrected chi connectivity index (χ3v) is 4.79. The number of rotatable bonds is 7. The van der Waals surface area contributed by atoms with Crippen molar-refractivity contribution >= 4 is 17.5 Å². The Labute approximate surface area is 172 Å². The number of amides is 2. The molecule has 0 radical (unpaired) electrons. The van der Waals surface area contributed by atoms with Crippen LogP contribution in [0.3, 0.4) is 0 Å². The zero-order valence-electron chi connectivity index (χ0n) is 16.8. The second-order valence-corrected chi connectivity index (χ2v) is 7.30. The molecule has 0 heterocycles. The minimum atomic E-state index is -0.421. The van der Waals surface area contributed by atoms with Gasteiger partial charge in [-0.3, -0.25) is 9.59 Å². The Hall–Kier alpha value is -3.40. The molecule has 148 valence electrons. The van der Waals surface area contributed by atoms with Gasteiger partial charge in [-0.1, -0.05) is 80.6 Å². The molecule has 3 aromatic rings. The highest BCUT2D eigenvalue weighted by atomic mass is 16.2. The lowest BCUT2D eigenvalue weighted by atomic mass is 10.00. The first-order valence-corrected chi connectivity index (χ1v) is 9.84. The van der Waals surface area contributed by atoms with Crippen LogP contribution in [-0.4, -0.2) is 11.8 Å². The summed E-state index contributed by atoms with van der Waals surface area (Å²) in [6, 6.07) is 26.0. The number of hydrogen-bond acceptors (Lipinski definition) is 2. The lowest BCUT2D eigenvalue weighted by molar-refractivity contribution is -0.116. The molecule has 0 saturated carbocycles. The Morgan fingerprint density at radius 2 is 1.38 bits per heavy atom. The van der Waals surface area contributed by atoms with E-state index in [9.17, 15) is 9.59 Å². The maximum Gasteiger partial charge on any atom is 0.251 e. The van der Waals surface area contributed by atoms with E-state index in [0.29, 0.717) is 11.5 Å². The summed E-state index contributed by atoms with van der Waals surface area (Å²) in [6.45, 7) is 4.19. The van der Waals surface area contributed by atoms with Gasteiger partial charge >= 0.3 is 0 Å². The lowest BCUT2D eigenvalue weighted by Crippen LogP contribution is -2.31. The summed E-state index contributed by atoms with van der Waals surface area (Å²) < 4.78 is 0. The molecule has 0 aliphatic heterocycles. The van der Waals surface area contributed by atoms with Crippen molar-refractivity contribution in [2.45, 2.75) is 32.2 Å². The van der Waals surface area contributed by atoms with E-state index in [4.69, 9.17) is 0 Å². The van der Waals surface area contributed by atoms with Crippen LogP contribution in [0.5, 0.6) is 0 Å². The topological polar surface area (TPSA) is 58.2 Å². The Balaban J connectivity index is 1.77. The highest BCUT2D eigenvalue weighted by Gasteiger charge is 2.20. The Morgan fingerprint density at radius 1 is 0.793 bits per heavy atom. The van der Waals surface area contributed by atoms with Gasteiger partial charge in [-0.05, 0) is 35.2 Å². The lowest BCUT2D eigenvalue weighted by Gasteiger charge is -2.20. The van der Waals surface area contributed by atoms with E-state index in [-0.39, 0.29) is 18.2 Å². The fraction of sp³-hybridized carbons (Fsp3) is 0.200. The van der Waals surface area contributed by atoms with E-state index in [1.54, 1.807) is 12.1 Å². The average molecular weight is 386 g/mol. The number of para-hydroxylation sites is 1. The zero-order chi connectivity index (χ0) is 20.6. The summed E-state index contributed by atoms with van der Waals surface area (Å²) in [5, 5.41) is 6.02. The van der Waals surface area contributed by atoms with Crippen LogP contribution in [0.1, 0.15) is 53.7 Å². The molecule has 3 aromatic carbocycles. The van der Waals surface area contributed by atoms with E-state index in [1.807, 2.05) is 72.8 Å². The maximum atomic E-state index is 12.8. The van der Waals surface area contributed by atoms with Gasteiger partial charge < -0.3 is 10.6 Å². The van der Waals surface area contributed by atoms with Gasteiger partial charge in [-0.2, -0.15) is 0 Å². The quantitative estimate of drug-likeness (QED) is 0.578. The number of benzene rings is 3. The predicted octanol–water partition coefficient (Wildman–Crippen LogP) is 5.31. The summed E-state index contributed by atoms with van der Waals surface area (Å²) in [5.41, 5.74) is 3.36. The molecular formula is C25H26N2O2. The van der Waals surface area contributed by atoms with Crippen molar-refractivity contribution in [1.29, 1.82) is 0 Å². The molecule has 0 aliphatic carbocycles. The van der Waals surface area contributed by atoms with Crippen molar-refractivity contribution in [2.24, 2.45) is 0 Å². The second kappa shape index (κ2) is 9.69. The second-order valence-electron chi connectivity index (χ2n) is 7.30. The Morgan fingerprint density at radius 3 is 2.03 bits per heavy atom. The fourth-order valence-corrected chi connectivity index (χ4v) is 3.27. The number of anilines is 1. The van der Waals surface area contributed by atoms with Gasteiger partial charge in [0.1, 0.15) is 0 Å². The van der Waals surface area contributed by atoms with Crippen molar-refractivity contribution in [3.8, 4) is 0 Å². The molecule has 1 unspecified atom stereocenters. The molecule has 0 aliphatic rings.